The van der Waals surface area contributed by atoms with Crippen LogP contribution in [0.3, 0.4) is 0 Å². The molecule has 1 heterocycles. The molecule has 3 amide bonds. The Balaban J connectivity index is 1.77. The van der Waals surface area contributed by atoms with Crippen molar-refractivity contribution in [1.82, 2.24) is 21.1 Å². The summed E-state index contributed by atoms with van der Waals surface area (Å²) in [6, 6.07) is 7.01. The molecule has 28 heavy (non-hydrogen) atoms. The van der Waals surface area contributed by atoms with Crippen molar-refractivity contribution in [3.63, 3.8) is 0 Å². The SMILES string of the molecule is CNC(=O)[C@H](Cc1c[nH]c2ccccc12)NC(=O)[C@@H]1CCCC[C@@H]1C(=O)NO. The van der Waals surface area contributed by atoms with Crippen LogP contribution in [0.2, 0.25) is 0 Å². The predicted octanol–water partition coefficient (Wildman–Crippen LogP) is 1.25. The number of aromatic nitrogens is 1. The third-order valence-corrected chi connectivity index (χ3v) is 5.53. The Labute approximate surface area is 163 Å². The fraction of sp³-hybridized carbons (Fsp3) is 0.450. The summed E-state index contributed by atoms with van der Waals surface area (Å²) < 4.78 is 0. The van der Waals surface area contributed by atoms with Crippen LogP contribution in [0.4, 0.5) is 0 Å². The Morgan fingerprint density at radius 3 is 2.50 bits per heavy atom. The molecule has 1 aromatic heterocycles. The molecule has 0 radical (unpaired) electrons. The van der Waals surface area contributed by atoms with Crippen molar-refractivity contribution in [2.75, 3.05) is 7.05 Å². The molecular weight excluding hydrogens is 360 g/mol. The second-order valence-corrected chi connectivity index (χ2v) is 7.21. The molecule has 3 atom stereocenters. The number of nitrogens with one attached hydrogen (secondary N) is 4. The lowest BCUT2D eigenvalue weighted by molar-refractivity contribution is -0.142. The van der Waals surface area contributed by atoms with Crippen molar-refractivity contribution in [1.29, 1.82) is 0 Å². The molecule has 1 aliphatic rings. The van der Waals surface area contributed by atoms with E-state index in [9.17, 15) is 14.4 Å². The lowest BCUT2D eigenvalue weighted by atomic mass is 9.78. The number of H-pyrrole nitrogens is 1. The molecule has 8 nitrogen and oxygen atoms in total. The van der Waals surface area contributed by atoms with Gasteiger partial charge in [-0.2, -0.15) is 0 Å². The van der Waals surface area contributed by atoms with Crippen LogP contribution in [-0.4, -0.2) is 41.0 Å². The van der Waals surface area contributed by atoms with E-state index in [-0.39, 0.29) is 11.8 Å². The van der Waals surface area contributed by atoms with E-state index in [1.165, 1.54) is 7.05 Å². The highest BCUT2D eigenvalue weighted by Crippen LogP contribution is 2.30. The fourth-order valence-corrected chi connectivity index (χ4v) is 4.02. The maximum atomic E-state index is 12.9. The molecule has 1 saturated carbocycles. The average Bonchev–Trinajstić information content (AvgIpc) is 3.15. The van der Waals surface area contributed by atoms with E-state index < -0.39 is 23.8 Å². The summed E-state index contributed by atoms with van der Waals surface area (Å²) in [6.07, 6.45) is 4.93. The van der Waals surface area contributed by atoms with E-state index >= 15 is 0 Å². The van der Waals surface area contributed by atoms with Crippen molar-refractivity contribution in [3.05, 3.63) is 36.0 Å². The fourth-order valence-electron chi connectivity index (χ4n) is 4.02. The normalized spacial score (nSPS) is 20.4. The highest BCUT2D eigenvalue weighted by Gasteiger charge is 2.37. The number of hydrogen-bond donors (Lipinski definition) is 5. The average molecular weight is 386 g/mol. The van der Waals surface area contributed by atoms with Gasteiger partial charge >= 0.3 is 0 Å². The summed E-state index contributed by atoms with van der Waals surface area (Å²) in [6.45, 7) is 0. The topological polar surface area (TPSA) is 123 Å². The minimum atomic E-state index is -0.753. The number of likely N-dealkylation sites (N-methyl/N-ethyl adjacent to an activating group) is 1. The van der Waals surface area contributed by atoms with Gasteiger partial charge in [0.2, 0.25) is 17.7 Å². The van der Waals surface area contributed by atoms with Crippen LogP contribution in [0.5, 0.6) is 0 Å². The number of aromatic amines is 1. The quantitative estimate of drug-likeness (QED) is 0.379. The molecule has 8 heteroatoms. The van der Waals surface area contributed by atoms with Gasteiger partial charge < -0.3 is 15.6 Å². The lowest BCUT2D eigenvalue weighted by Crippen LogP contribution is -2.51. The molecule has 0 aliphatic heterocycles. The zero-order valence-corrected chi connectivity index (χ0v) is 15.8. The molecule has 0 unspecified atom stereocenters. The number of amides is 3. The first-order valence-corrected chi connectivity index (χ1v) is 9.56. The van der Waals surface area contributed by atoms with Gasteiger partial charge in [0.1, 0.15) is 6.04 Å². The van der Waals surface area contributed by atoms with Gasteiger partial charge in [0.05, 0.1) is 5.92 Å². The summed E-state index contributed by atoms with van der Waals surface area (Å²) in [5, 5.41) is 15.4. The number of fused-ring (bicyclic) bond motifs is 1. The number of carbonyl (C=O) groups is 3. The van der Waals surface area contributed by atoms with E-state index in [2.05, 4.69) is 15.6 Å². The summed E-state index contributed by atoms with van der Waals surface area (Å²) in [7, 11) is 1.53. The first kappa shape index (κ1) is 19.9. The number of benzene rings is 1. The van der Waals surface area contributed by atoms with Crippen molar-refractivity contribution in [3.8, 4) is 0 Å². The van der Waals surface area contributed by atoms with Crippen LogP contribution >= 0.6 is 0 Å². The zero-order valence-electron chi connectivity index (χ0n) is 15.8. The van der Waals surface area contributed by atoms with Crippen LogP contribution in [0.15, 0.2) is 30.5 Å². The molecule has 5 N–H and O–H groups in total. The Hall–Kier alpha value is -2.87. The Kier molecular flexibility index (Phi) is 6.30. The summed E-state index contributed by atoms with van der Waals surface area (Å²) in [4.78, 5) is 40.4. The van der Waals surface area contributed by atoms with Gasteiger partial charge in [-0.1, -0.05) is 31.0 Å². The van der Waals surface area contributed by atoms with E-state index in [1.54, 1.807) is 5.48 Å². The van der Waals surface area contributed by atoms with E-state index in [4.69, 9.17) is 5.21 Å². The van der Waals surface area contributed by atoms with E-state index in [0.29, 0.717) is 19.3 Å². The molecule has 1 aromatic carbocycles. The number of carbonyl (C=O) groups excluding carboxylic acids is 3. The van der Waals surface area contributed by atoms with Gasteiger partial charge in [-0.3, -0.25) is 19.6 Å². The number of hydrogen-bond acceptors (Lipinski definition) is 4. The Morgan fingerprint density at radius 1 is 1.14 bits per heavy atom. The smallest absolute Gasteiger partial charge is 0.247 e. The zero-order chi connectivity index (χ0) is 20.1. The summed E-state index contributed by atoms with van der Waals surface area (Å²) in [5.74, 6) is -2.32. The van der Waals surface area contributed by atoms with Gasteiger partial charge in [0.15, 0.2) is 0 Å². The second-order valence-electron chi connectivity index (χ2n) is 7.21. The number of hydroxylamine groups is 1. The van der Waals surface area contributed by atoms with Crippen molar-refractivity contribution in [2.45, 2.75) is 38.1 Å². The van der Waals surface area contributed by atoms with Crippen molar-refractivity contribution in [2.24, 2.45) is 11.8 Å². The third-order valence-electron chi connectivity index (χ3n) is 5.53. The van der Waals surface area contributed by atoms with Crippen LogP contribution in [0, 0.1) is 11.8 Å². The monoisotopic (exact) mass is 386 g/mol. The lowest BCUT2D eigenvalue weighted by Gasteiger charge is -2.30. The number of para-hydroxylation sites is 1. The molecule has 2 aromatic rings. The molecule has 0 bridgehead atoms. The highest BCUT2D eigenvalue weighted by molar-refractivity contribution is 5.92. The van der Waals surface area contributed by atoms with Gasteiger partial charge in [-0.25, -0.2) is 5.48 Å². The van der Waals surface area contributed by atoms with Gasteiger partial charge in [0, 0.05) is 36.5 Å². The van der Waals surface area contributed by atoms with Crippen molar-refractivity contribution >= 4 is 28.6 Å². The standard InChI is InChI=1S/C20H26N4O4/c1-21-20(27)17(10-12-11-22-16-9-5-4-6-13(12)16)23-18(25)14-7-2-3-8-15(14)19(26)24-28/h4-6,9,11,14-15,17,22,28H,2-3,7-8,10H2,1H3,(H,21,27)(H,23,25)(H,24,26)/t14-,15+,17+/m1/s1. The largest absolute Gasteiger partial charge is 0.361 e. The van der Waals surface area contributed by atoms with Crippen LogP contribution in [-0.2, 0) is 20.8 Å². The molecule has 0 spiro atoms. The predicted molar refractivity (Wildman–Crippen MR) is 103 cm³/mol. The van der Waals surface area contributed by atoms with E-state index in [1.807, 2.05) is 30.5 Å². The van der Waals surface area contributed by atoms with Gasteiger partial charge in [-0.15, -0.1) is 0 Å². The van der Waals surface area contributed by atoms with Gasteiger partial charge in [-0.05, 0) is 24.5 Å². The van der Waals surface area contributed by atoms with Gasteiger partial charge in [0.25, 0.3) is 0 Å². The third kappa shape index (κ3) is 4.17. The summed E-state index contributed by atoms with van der Waals surface area (Å²) in [5.41, 5.74) is 3.55. The second kappa shape index (κ2) is 8.88. The molecule has 150 valence electrons. The first-order chi connectivity index (χ1) is 13.5. The maximum Gasteiger partial charge on any atom is 0.247 e. The molecule has 3 rings (SSSR count). The Bertz CT molecular complexity index is 863. The minimum absolute atomic E-state index is 0.294. The molecular formula is C20H26N4O4. The van der Waals surface area contributed by atoms with Crippen LogP contribution < -0.4 is 16.1 Å². The molecule has 0 saturated heterocycles. The van der Waals surface area contributed by atoms with Crippen molar-refractivity contribution < 1.29 is 19.6 Å². The summed E-state index contributed by atoms with van der Waals surface area (Å²) >= 11 is 0. The highest BCUT2D eigenvalue weighted by atomic mass is 16.5. The molecule has 1 fully saturated rings. The molecule has 1 aliphatic carbocycles. The van der Waals surface area contributed by atoms with E-state index in [0.717, 1.165) is 29.3 Å². The first-order valence-electron chi connectivity index (χ1n) is 9.56. The maximum absolute atomic E-state index is 12.9. The van der Waals surface area contributed by atoms with Crippen LogP contribution in [0.1, 0.15) is 31.2 Å². The Morgan fingerprint density at radius 2 is 1.82 bits per heavy atom. The number of rotatable bonds is 6. The van der Waals surface area contributed by atoms with Crippen LogP contribution in [0.25, 0.3) is 10.9 Å². The minimum Gasteiger partial charge on any atom is -0.361 e.